The number of ether oxygens (including phenoxy) is 1. The lowest BCUT2D eigenvalue weighted by Crippen LogP contribution is -2.12. The van der Waals surface area contributed by atoms with Crippen molar-refractivity contribution in [2.75, 3.05) is 37.9 Å². The summed E-state index contributed by atoms with van der Waals surface area (Å²) in [5.74, 6) is -0.393. The van der Waals surface area contributed by atoms with Gasteiger partial charge in [-0.25, -0.2) is 19.3 Å². The summed E-state index contributed by atoms with van der Waals surface area (Å²) in [5.41, 5.74) is 4.99. The van der Waals surface area contributed by atoms with Gasteiger partial charge in [0, 0.05) is 66.5 Å². The third-order valence-corrected chi connectivity index (χ3v) is 5.74. The predicted octanol–water partition coefficient (Wildman–Crippen LogP) is 3.18. The lowest BCUT2D eigenvalue weighted by Gasteiger charge is -2.15. The Kier molecular flexibility index (Phi) is 5.27. The van der Waals surface area contributed by atoms with Crippen LogP contribution >= 0.6 is 0 Å². The van der Waals surface area contributed by atoms with Gasteiger partial charge < -0.3 is 25.7 Å². The molecule has 5 N–H and O–H groups in total. The summed E-state index contributed by atoms with van der Waals surface area (Å²) in [6.45, 7) is 0.844. The van der Waals surface area contributed by atoms with Crippen LogP contribution in [0.1, 0.15) is 0 Å². The molecule has 1 aliphatic heterocycles. The molecule has 0 radical (unpaired) electrons. The van der Waals surface area contributed by atoms with Crippen LogP contribution in [0, 0.1) is 22.6 Å². The predicted molar refractivity (Wildman–Crippen MR) is 128 cm³/mol. The van der Waals surface area contributed by atoms with Crippen molar-refractivity contribution in [1.82, 2.24) is 25.3 Å². The molecule has 170 valence electrons. The first-order valence-electron chi connectivity index (χ1n) is 10.4. The number of aromatic amines is 1. The van der Waals surface area contributed by atoms with Gasteiger partial charge in [0.15, 0.2) is 0 Å². The highest BCUT2D eigenvalue weighted by molar-refractivity contribution is 6.18. The molecule has 0 amide bonds. The number of anilines is 2. The lowest BCUT2D eigenvalue weighted by molar-refractivity contribution is 0.380. The van der Waals surface area contributed by atoms with Crippen LogP contribution in [0.2, 0.25) is 0 Å². The highest BCUT2D eigenvalue weighted by atomic mass is 19.1. The number of hydrogen-bond acceptors (Lipinski definition) is 9. The summed E-state index contributed by atoms with van der Waals surface area (Å²) in [6, 6.07) is 5.00. The fraction of sp³-hybridized carbons (Fsp3) is 0.174. The van der Waals surface area contributed by atoms with Gasteiger partial charge in [-0.1, -0.05) is 0 Å². The smallest absolute Gasteiger partial charge is 0.316 e. The maximum Gasteiger partial charge on any atom is 0.316 e. The van der Waals surface area contributed by atoms with Gasteiger partial charge in [-0.3, -0.25) is 5.41 Å². The standard InChI is InChI=1S/C23H20FN9O/c1-27-17-4-12(24)3-13-19-21(32-18-10-28-8-15(18)16(26)5-25)14(9-29-22(19)33-20(13)17)11-6-30-23(34-2)31-7-11/h3-4,6-7,9,26-28H,8,10H2,1-2H3,(H2,29,32,33). The molecular weight excluding hydrogens is 437 g/mol. The summed E-state index contributed by atoms with van der Waals surface area (Å²) in [7, 11) is 3.21. The molecule has 0 bridgehead atoms. The third-order valence-electron chi connectivity index (χ3n) is 5.74. The number of aromatic nitrogens is 4. The van der Waals surface area contributed by atoms with Crippen LogP contribution in [-0.2, 0) is 0 Å². The largest absolute Gasteiger partial charge is 0.467 e. The number of H-pyrrole nitrogens is 1. The first-order valence-corrected chi connectivity index (χ1v) is 10.4. The fourth-order valence-corrected chi connectivity index (χ4v) is 4.14. The second-order valence-corrected chi connectivity index (χ2v) is 7.65. The second kappa shape index (κ2) is 8.42. The van der Waals surface area contributed by atoms with Crippen LogP contribution in [0.4, 0.5) is 15.8 Å². The summed E-state index contributed by atoms with van der Waals surface area (Å²) in [5, 5.41) is 28.2. The van der Waals surface area contributed by atoms with Crippen LogP contribution in [0.5, 0.6) is 6.01 Å². The van der Waals surface area contributed by atoms with Crippen molar-refractivity contribution in [2.45, 2.75) is 0 Å². The molecule has 0 atom stereocenters. The zero-order valence-corrected chi connectivity index (χ0v) is 18.4. The molecule has 11 heteroatoms. The van der Waals surface area contributed by atoms with E-state index in [2.05, 4.69) is 35.9 Å². The number of methoxy groups -OCH3 is 1. The number of nitrogens with one attached hydrogen (secondary N) is 5. The molecule has 0 spiro atoms. The number of halogens is 1. The summed E-state index contributed by atoms with van der Waals surface area (Å²) >= 11 is 0. The quantitative estimate of drug-likeness (QED) is 0.277. The van der Waals surface area contributed by atoms with Crippen molar-refractivity contribution in [1.29, 1.82) is 10.7 Å². The van der Waals surface area contributed by atoms with Gasteiger partial charge in [0.05, 0.1) is 29.4 Å². The molecule has 4 heterocycles. The first kappa shape index (κ1) is 21.3. The summed E-state index contributed by atoms with van der Waals surface area (Å²) in [4.78, 5) is 16.3. The number of nitrogens with zero attached hydrogens (tertiary/aromatic N) is 4. The van der Waals surface area contributed by atoms with Crippen molar-refractivity contribution in [3.05, 3.63) is 47.8 Å². The van der Waals surface area contributed by atoms with E-state index in [1.54, 1.807) is 25.6 Å². The molecule has 0 fully saturated rings. The molecule has 1 aliphatic rings. The highest BCUT2D eigenvalue weighted by Gasteiger charge is 2.23. The van der Waals surface area contributed by atoms with E-state index in [1.165, 1.54) is 19.2 Å². The van der Waals surface area contributed by atoms with Gasteiger partial charge in [0.25, 0.3) is 0 Å². The van der Waals surface area contributed by atoms with E-state index < -0.39 is 5.82 Å². The van der Waals surface area contributed by atoms with E-state index >= 15 is 0 Å². The van der Waals surface area contributed by atoms with Gasteiger partial charge >= 0.3 is 6.01 Å². The Morgan fingerprint density at radius 1 is 1.21 bits per heavy atom. The second-order valence-electron chi connectivity index (χ2n) is 7.65. The van der Waals surface area contributed by atoms with E-state index in [-0.39, 0.29) is 11.7 Å². The number of nitriles is 1. The molecule has 10 nitrogen and oxygen atoms in total. The first-order chi connectivity index (χ1) is 16.5. The topological polar surface area (TPSA) is 147 Å². The third kappa shape index (κ3) is 3.46. The molecule has 0 saturated heterocycles. The van der Waals surface area contributed by atoms with Crippen LogP contribution in [0.15, 0.2) is 42.0 Å². The molecule has 4 aromatic rings. The minimum absolute atomic E-state index is 0.116. The van der Waals surface area contributed by atoms with Gasteiger partial charge in [0.2, 0.25) is 0 Å². The number of rotatable bonds is 6. The monoisotopic (exact) mass is 457 g/mol. The lowest BCUT2D eigenvalue weighted by atomic mass is 10.0. The van der Waals surface area contributed by atoms with E-state index in [1.807, 2.05) is 6.07 Å². The number of pyridine rings is 1. The van der Waals surface area contributed by atoms with Crippen LogP contribution in [0.3, 0.4) is 0 Å². The van der Waals surface area contributed by atoms with Gasteiger partial charge in [-0.15, -0.1) is 0 Å². The molecule has 1 aromatic carbocycles. The SMILES string of the molecule is CNc1cc(F)cc2c1[nH]c1ncc(-c3cnc(OC)nc3)c(NC3=C(C(=N)C#N)CNC3)c12. The zero-order valence-electron chi connectivity index (χ0n) is 18.4. The Hall–Kier alpha value is -4.56. The molecule has 3 aromatic heterocycles. The van der Waals surface area contributed by atoms with Crippen LogP contribution < -0.4 is 20.7 Å². The van der Waals surface area contributed by atoms with Crippen molar-refractivity contribution in [2.24, 2.45) is 0 Å². The molecular formula is C23H20FN9O. The minimum Gasteiger partial charge on any atom is -0.467 e. The maximum absolute atomic E-state index is 14.5. The van der Waals surface area contributed by atoms with Crippen LogP contribution in [-0.4, -0.2) is 52.9 Å². The Bertz CT molecular complexity index is 1520. The summed E-state index contributed by atoms with van der Waals surface area (Å²) < 4.78 is 19.6. The van der Waals surface area contributed by atoms with Gasteiger partial charge in [0.1, 0.15) is 23.2 Å². The van der Waals surface area contributed by atoms with Gasteiger partial charge in [-0.2, -0.15) is 5.26 Å². The van der Waals surface area contributed by atoms with E-state index in [4.69, 9.17) is 10.1 Å². The van der Waals surface area contributed by atoms with Crippen molar-refractivity contribution < 1.29 is 9.13 Å². The van der Waals surface area contributed by atoms with Crippen molar-refractivity contribution in [3.8, 4) is 23.2 Å². The Morgan fingerprint density at radius 3 is 2.71 bits per heavy atom. The molecule has 0 saturated carbocycles. The molecule has 0 aliphatic carbocycles. The molecule has 0 unspecified atom stereocenters. The van der Waals surface area contributed by atoms with Gasteiger partial charge in [-0.05, 0) is 12.1 Å². The number of fused-ring (bicyclic) bond motifs is 3. The Morgan fingerprint density at radius 2 is 2.00 bits per heavy atom. The van der Waals surface area contributed by atoms with E-state index in [0.717, 1.165) is 0 Å². The normalized spacial score (nSPS) is 13.4. The average molecular weight is 457 g/mol. The average Bonchev–Trinajstić information content (AvgIpc) is 3.48. The fourth-order valence-electron chi connectivity index (χ4n) is 4.14. The van der Waals surface area contributed by atoms with Crippen molar-refractivity contribution in [3.63, 3.8) is 0 Å². The number of benzene rings is 1. The minimum atomic E-state index is -0.393. The molecule has 34 heavy (non-hydrogen) atoms. The summed E-state index contributed by atoms with van der Waals surface area (Å²) in [6.07, 6.45) is 4.92. The maximum atomic E-state index is 14.5. The Balaban J connectivity index is 1.81. The van der Waals surface area contributed by atoms with E-state index in [0.29, 0.717) is 68.8 Å². The van der Waals surface area contributed by atoms with Crippen LogP contribution in [0.25, 0.3) is 33.1 Å². The Labute approximate surface area is 193 Å². The molecule has 5 rings (SSSR count). The highest BCUT2D eigenvalue weighted by Crippen LogP contribution is 2.40. The number of hydrogen-bond donors (Lipinski definition) is 5. The van der Waals surface area contributed by atoms with E-state index in [9.17, 15) is 9.65 Å². The van der Waals surface area contributed by atoms with Crippen molar-refractivity contribution >= 4 is 39.0 Å². The zero-order chi connectivity index (χ0) is 23.8.